The van der Waals surface area contributed by atoms with Gasteiger partial charge in [0.25, 0.3) is 0 Å². The molecule has 0 N–H and O–H groups in total. The van der Waals surface area contributed by atoms with Crippen molar-refractivity contribution in [3.8, 4) is 0 Å². The lowest BCUT2D eigenvalue weighted by Gasteiger charge is -2.24. The zero-order valence-electron chi connectivity index (χ0n) is 9.49. The lowest BCUT2D eigenvalue weighted by Crippen LogP contribution is -2.09. The summed E-state index contributed by atoms with van der Waals surface area (Å²) in [5, 5.41) is 1.57. The molecule has 1 unspecified atom stereocenters. The molecule has 15 heavy (non-hydrogen) atoms. The highest BCUT2D eigenvalue weighted by molar-refractivity contribution is 8.00. The molecule has 1 aliphatic carbocycles. The molecule has 1 saturated carbocycles. The predicted octanol–water partition coefficient (Wildman–Crippen LogP) is 4.81. The van der Waals surface area contributed by atoms with Crippen LogP contribution in [0, 0.1) is 0 Å². The predicted molar refractivity (Wildman–Crippen MR) is 69.3 cm³/mol. The highest BCUT2D eigenvalue weighted by Crippen LogP contribution is 2.37. The molecule has 0 amide bonds. The van der Waals surface area contributed by atoms with E-state index in [1.165, 1.54) is 37.7 Å². The van der Waals surface area contributed by atoms with Crippen molar-refractivity contribution < 1.29 is 0 Å². The topological polar surface area (TPSA) is 0 Å². The molecular weight excluding hydrogens is 200 g/mol. The first-order valence-corrected chi connectivity index (χ1v) is 7.01. The van der Waals surface area contributed by atoms with Crippen LogP contribution in [0.5, 0.6) is 0 Å². The van der Waals surface area contributed by atoms with Crippen LogP contribution in [-0.2, 0) is 0 Å². The molecule has 0 nitrogen and oxygen atoms in total. The van der Waals surface area contributed by atoms with E-state index in [2.05, 4.69) is 49.0 Å². The van der Waals surface area contributed by atoms with E-state index in [0.29, 0.717) is 5.25 Å². The summed E-state index contributed by atoms with van der Waals surface area (Å²) in [6, 6.07) is 10.9. The maximum atomic E-state index is 2.34. The van der Waals surface area contributed by atoms with Crippen LogP contribution in [0.3, 0.4) is 0 Å². The molecule has 1 aromatic rings. The van der Waals surface area contributed by atoms with Crippen LogP contribution in [0.15, 0.2) is 30.3 Å². The summed E-state index contributed by atoms with van der Waals surface area (Å²) in [7, 11) is 0. The number of thioether (sulfide) groups is 1. The van der Waals surface area contributed by atoms with Crippen LogP contribution in [0.1, 0.15) is 49.8 Å². The average molecular weight is 220 g/mol. The molecule has 82 valence electrons. The van der Waals surface area contributed by atoms with E-state index in [1.54, 1.807) is 0 Å². The van der Waals surface area contributed by atoms with E-state index in [0.717, 1.165) is 5.25 Å². The van der Waals surface area contributed by atoms with Crippen molar-refractivity contribution >= 4 is 11.8 Å². The number of benzene rings is 1. The monoisotopic (exact) mass is 220 g/mol. The van der Waals surface area contributed by atoms with Gasteiger partial charge >= 0.3 is 0 Å². The number of rotatable bonds is 3. The largest absolute Gasteiger partial charge is 0.151 e. The Morgan fingerprint density at radius 2 is 1.73 bits per heavy atom. The first kappa shape index (κ1) is 11.1. The van der Waals surface area contributed by atoms with E-state index in [4.69, 9.17) is 0 Å². The Balaban J connectivity index is 1.88. The van der Waals surface area contributed by atoms with Gasteiger partial charge < -0.3 is 0 Å². The Morgan fingerprint density at radius 1 is 1.07 bits per heavy atom. The molecule has 0 heterocycles. The van der Waals surface area contributed by atoms with Gasteiger partial charge in [0.1, 0.15) is 0 Å². The van der Waals surface area contributed by atoms with Crippen molar-refractivity contribution in [2.75, 3.05) is 0 Å². The normalized spacial score (nSPS) is 20.1. The summed E-state index contributed by atoms with van der Waals surface area (Å²) in [4.78, 5) is 0. The molecule has 0 spiro atoms. The van der Waals surface area contributed by atoms with Gasteiger partial charge in [-0.3, -0.25) is 0 Å². The van der Waals surface area contributed by atoms with Crippen LogP contribution in [-0.4, -0.2) is 5.25 Å². The summed E-state index contributed by atoms with van der Waals surface area (Å²) in [6.45, 7) is 2.34. The van der Waals surface area contributed by atoms with Crippen LogP contribution >= 0.6 is 11.8 Å². The van der Waals surface area contributed by atoms with Crippen molar-refractivity contribution in [1.82, 2.24) is 0 Å². The van der Waals surface area contributed by atoms with Gasteiger partial charge in [-0.15, -0.1) is 0 Å². The van der Waals surface area contributed by atoms with E-state index in [1.807, 2.05) is 0 Å². The molecule has 1 atom stereocenters. The van der Waals surface area contributed by atoms with Gasteiger partial charge in [0.2, 0.25) is 0 Å². The Hall–Kier alpha value is -0.430. The molecule has 0 aliphatic heterocycles. The smallest absolute Gasteiger partial charge is 0.0271 e. The summed E-state index contributed by atoms with van der Waals surface area (Å²) in [5.41, 5.74) is 1.48. The van der Waals surface area contributed by atoms with E-state index < -0.39 is 0 Å². The first-order valence-electron chi connectivity index (χ1n) is 6.06. The molecule has 0 saturated heterocycles. The molecule has 1 heteroatoms. The van der Waals surface area contributed by atoms with Gasteiger partial charge in [-0.2, -0.15) is 11.8 Å². The fourth-order valence-corrected chi connectivity index (χ4v) is 3.79. The van der Waals surface area contributed by atoms with Crippen LogP contribution in [0.25, 0.3) is 0 Å². The maximum absolute atomic E-state index is 2.34. The Morgan fingerprint density at radius 3 is 2.40 bits per heavy atom. The van der Waals surface area contributed by atoms with Crippen LogP contribution in [0.2, 0.25) is 0 Å². The summed E-state index contributed by atoms with van der Waals surface area (Å²) in [5.74, 6) is 0. The minimum Gasteiger partial charge on any atom is -0.151 e. The van der Waals surface area contributed by atoms with Crippen molar-refractivity contribution in [2.45, 2.75) is 49.5 Å². The summed E-state index contributed by atoms with van der Waals surface area (Å²) in [6.07, 6.45) is 7.21. The van der Waals surface area contributed by atoms with Crippen LogP contribution < -0.4 is 0 Å². The molecule has 1 aromatic carbocycles. The van der Waals surface area contributed by atoms with Crippen LogP contribution in [0.4, 0.5) is 0 Å². The third-order valence-electron chi connectivity index (χ3n) is 3.22. The Labute approximate surface area is 97.5 Å². The average Bonchev–Trinajstić information content (AvgIpc) is 2.31. The molecule has 1 aliphatic rings. The van der Waals surface area contributed by atoms with Crippen molar-refractivity contribution in [3.63, 3.8) is 0 Å². The second-order valence-electron chi connectivity index (χ2n) is 4.45. The van der Waals surface area contributed by atoms with Gasteiger partial charge in [0, 0.05) is 10.5 Å². The number of hydrogen-bond acceptors (Lipinski definition) is 1. The fraction of sp³-hybridized carbons (Fsp3) is 0.571. The number of hydrogen-bond donors (Lipinski definition) is 0. The van der Waals surface area contributed by atoms with Gasteiger partial charge in [-0.25, -0.2) is 0 Å². The zero-order chi connectivity index (χ0) is 10.5. The van der Waals surface area contributed by atoms with Gasteiger partial charge in [0.05, 0.1) is 0 Å². The second kappa shape index (κ2) is 5.60. The zero-order valence-corrected chi connectivity index (χ0v) is 10.3. The fourth-order valence-electron chi connectivity index (χ4n) is 2.29. The van der Waals surface area contributed by atoms with Crippen molar-refractivity contribution in [2.24, 2.45) is 0 Å². The SMILES string of the molecule is CC(SC1CCCCC1)c1ccccc1. The summed E-state index contributed by atoms with van der Waals surface area (Å²) < 4.78 is 0. The maximum Gasteiger partial charge on any atom is 0.0271 e. The standard InChI is InChI=1S/C14H20S/c1-12(13-8-4-2-5-9-13)15-14-10-6-3-7-11-14/h2,4-5,8-9,12,14H,3,6-7,10-11H2,1H3. The lowest BCUT2D eigenvalue weighted by atomic mass is 10.0. The third-order valence-corrected chi connectivity index (χ3v) is 4.75. The third kappa shape index (κ3) is 3.27. The Kier molecular flexibility index (Phi) is 4.13. The molecule has 0 bridgehead atoms. The molecule has 2 rings (SSSR count). The first-order chi connectivity index (χ1) is 7.36. The lowest BCUT2D eigenvalue weighted by molar-refractivity contribution is 0.515. The van der Waals surface area contributed by atoms with E-state index in [9.17, 15) is 0 Å². The van der Waals surface area contributed by atoms with Gasteiger partial charge in [0.15, 0.2) is 0 Å². The molecular formula is C14H20S. The van der Waals surface area contributed by atoms with Crippen molar-refractivity contribution in [3.05, 3.63) is 35.9 Å². The highest BCUT2D eigenvalue weighted by Gasteiger charge is 2.17. The second-order valence-corrected chi connectivity index (χ2v) is 6.09. The summed E-state index contributed by atoms with van der Waals surface area (Å²) >= 11 is 2.17. The minimum absolute atomic E-state index is 0.661. The molecule has 0 aromatic heterocycles. The van der Waals surface area contributed by atoms with Gasteiger partial charge in [-0.1, -0.05) is 49.6 Å². The Bertz CT molecular complexity index is 275. The van der Waals surface area contributed by atoms with E-state index in [-0.39, 0.29) is 0 Å². The molecule has 0 radical (unpaired) electrons. The minimum atomic E-state index is 0.661. The van der Waals surface area contributed by atoms with E-state index >= 15 is 0 Å². The quantitative estimate of drug-likeness (QED) is 0.704. The highest BCUT2D eigenvalue weighted by atomic mass is 32.2. The molecule has 1 fully saturated rings. The van der Waals surface area contributed by atoms with Crippen molar-refractivity contribution in [1.29, 1.82) is 0 Å². The van der Waals surface area contributed by atoms with Gasteiger partial charge in [-0.05, 0) is 25.3 Å².